The molecule has 0 bridgehead atoms. The minimum absolute atomic E-state index is 0.0682. The van der Waals surface area contributed by atoms with Gasteiger partial charge < -0.3 is 25.2 Å². The summed E-state index contributed by atoms with van der Waals surface area (Å²) >= 11 is 0. The number of methoxy groups -OCH3 is 1. The molecule has 3 N–H and O–H groups in total. The molecule has 0 spiro atoms. The summed E-state index contributed by atoms with van der Waals surface area (Å²) in [4.78, 5) is 37.9. The van der Waals surface area contributed by atoms with Crippen LogP contribution in [0.5, 0.6) is 0 Å². The topological polar surface area (TPSA) is 114 Å². The third-order valence-electron chi connectivity index (χ3n) is 7.29. The zero-order valence-electron chi connectivity index (χ0n) is 20.1. The first-order chi connectivity index (χ1) is 16.9. The number of alkyl carbamates (subject to hydrolysis) is 1. The molecule has 2 aromatic carbocycles. The van der Waals surface area contributed by atoms with Gasteiger partial charge in [0, 0.05) is 13.0 Å². The Balaban J connectivity index is 1.45. The van der Waals surface area contributed by atoms with Crippen LogP contribution in [0.4, 0.5) is 4.79 Å². The standard InChI is InChI=1S/C27H32N2O6/c1-3-27(16-34-2,25(31)32)29-24(30)23(17-9-8-10-17)28-26(33)35-15-22-20-13-6-4-11-18(20)19-12-5-7-14-21(19)22/h4-7,11-14,17,22-23H,3,8-10,15-16H2,1-2H3,(H,28,33)(H,29,30)(H,31,32). The van der Waals surface area contributed by atoms with Gasteiger partial charge in [0.15, 0.2) is 5.54 Å². The number of amides is 2. The molecule has 8 heteroatoms. The van der Waals surface area contributed by atoms with Gasteiger partial charge in [-0.2, -0.15) is 0 Å². The van der Waals surface area contributed by atoms with Crippen LogP contribution in [-0.4, -0.2) is 55.0 Å². The quantitative estimate of drug-likeness (QED) is 0.478. The summed E-state index contributed by atoms with van der Waals surface area (Å²) in [5.41, 5.74) is 2.90. The van der Waals surface area contributed by atoms with Crippen molar-refractivity contribution >= 4 is 18.0 Å². The van der Waals surface area contributed by atoms with E-state index in [1.165, 1.54) is 7.11 Å². The number of hydrogen-bond donors (Lipinski definition) is 3. The van der Waals surface area contributed by atoms with Crippen LogP contribution in [0.2, 0.25) is 0 Å². The van der Waals surface area contributed by atoms with E-state index in [2.05, 4.69) is 22.8 Å². The number of hydrogen-bond acceptors (Lipinski definition) is 5. The Kier molecular flexibility index (Phi) is 7.40. The molecular formula is C27H32N2O6. The van der Waals surface area contributed by atoms with E-state index in [0.29, 0.717) is 0 Å². The van der Waals surface area contributed by atoms with Gasteiger partial charge in [0.25, 0.3) is 0 Å². The number of nitrogens with one attached hydrogen (secondary N) is 2. The van der Waals surface area contributed by atoms with Crippen molar-refractivity contribution in [3.8, 4) is 11.1 Å². The van der Waals surface area contributed by atoms with E-state index in [-0.39, 0.29) is 31.5 Å². The molecule has 2 aliphatic rings. The van der Waals surface area contributed by atoms with Crippen LogP contribution >= 0.6 is 0 Å². The zero-order valence-corrected chi connectivity index (χ0v) is 20.1. The number of fused-ring (bicyclic) bond motifs is 3. The lowest BCUT2D eigenvalue weighted by Crippen LogP contribution is -2.63. The Labute approximate surface area is 205 Å². The van der Waals surface area contributed by atoms with Crippen LogP contribution < -0.4 is 10.6 Å². The monoisotopic (exact) mass is 480 g/mol. The lowest BCUT2D eigenvalue weighted by Gasteiger charge is -2.36. The van der Waals surface area contributed by atoms with Gasteiger partial charge >= 0.3 is 12.1 Å². The Morgan fingerprint density at radius 2 is 1.66 bits per heavy atom. The molecule has 0 saturated heterocycles. The predicted octanol–water partition coefficient (Wildman–Crippen LogP) is 3.69. The number of benzene rings is 2. The average molecular weight is 481 g/mol. The molecule has 4 rings (SSSR count). The van der Waals surface area contributed by atoms with E-state index in [1.807, 2.05) is 36.4 Å². The summed E-state index contributed by atoms with van der Waals surface area (Å²) in [7, 11) is 1.39. The Morgan fingerprint density at radius 3 is 2.14 bits per heavy atom. The lowest BCUT2D eigenvalue weighted by molar-refractivity contribution is -0.151. The number of ether oxygens (including phenoxy) is 2. The maximum atomic E-state index is 13.2. The van der Waals surface area contributed by atoms with Gasteiger partial charge in [-0.05, 0) is 47.4 Å². The molecule has 8 nitrogen and oxygen atoms in total. The van der Waals surface area contributed by atoms with Crippen LogP contribution in [-0.2, 0) is 19.1 Å². The summed E-state index contributed by atoms with van der Waals surface area (Å²) in [5.74, 6) is -1.87. The fourth-order valence-corrected chi connectivity index (χ4v) is 4.99. The molecule has 2 aromatic rings. The number of carboxylic acid groups (broad SMARTS) is 1. The second-order valence-corrected chi connectivity index (χ2v) is 9.30. The molecule has 0 radical (unpaired) electrons. The Morgan fingerprint density at radius 1 is 1.06 bits per heavy atom. The number of aliphatic carboxylic acids is 1. The molecule has 0 aromatic heterocycles. The Hall–Kier alpha value is -3.39. The van der Waals surface area contributed by atoms with Crippen LogP contribution in [0.25, 0.3) is 11.1 Å². The van der Waals surface area contributed by atoms with Crippen molar-refractivity contribution in [3.05, 3.63) is 59.7 Å². The maximum absolute atomic E-state index is 13.2. The summed E-state index contributed by atoms with van der Waals surface area (Å²) in [6, 6.07) is 15.3. The molecule has 35 heavy (non-hydrogen) atoms. The molecule has 1 fully saturated rings. The second-order valence-electron chi connectivity index (χ2n) is 9.30. The van der Waals surface area contributed by atoms with Crippen LogP contribution in [0, 0.1) is 5.92 Å². The number of rotatable bonds is 10. The highest BCUT2D eigenvalue weighted by molar-refractivity contribution is 5.91. The van der Waals surface area contributed by atoms with E-state index in [1.54, 1.807) is 6.92 Å². The Bertz CT molecular complexity index is 1050. The molecular weight excluding hydrogens is 448 g/mol. The first-order valence-electron chi connectivity index (χ1n) is 12.1. The molecule has 0 aliphatic heterocycles. The van der Waals surface area contributed by atoms with Crippen LogP contribution in [0.15, 0.2) is 48.5 Å². The van der Waals surface area contributed by atoms with E-state index in [0.717, 1.165) is 41.5 Å². The SMILES string of the molecule is CCC(COC)(NC(=O)C(NC(=O)OCC1c2ccccc2-c2ccccc21)C1CCC1)C(=O)O. The van der Waals surface area contributed by atoms with Gasteiger partial charge in [-0.3, -0.25) is 4.79 Å². The summed E-state index contributed by atoms with van der Waals surface area (Å²) < 4.78 is 10.7. The van der Waals surface area contributed by atoms with Gasteiger partial charge in [0.2, 0.25) is 5.91 Å². The fourth-order valence-electron chi connectivity index (χ4n) is 4.99. The van der Waals surface area contributed by atoms with Crippen LogP contribution in [0.3, 0.4) is 0 Å². The number of carbonyl (C=O) groups excluding carboxylic acids is 2. The molecule has 2 atom stereocenters. The van der Waals surface area contributed by atoms with E-state index >= 15 is 0 Å². The summed E-state index contributed by atoms with van der Waals surface area (Å²) in [6.45, 7) is 1.63. The predicted molar refractivity (Wildman–Crippen MR) is 130 cm³/mol. The highest BCUT2D eigenvalue weighted by Gasteiger charge is 2.43. The van der Waals surface area contributed by atoms with Crippen molar-refractivity contribution in [3.63, 3.8) is 0 Å². The molecule has 2 amide bonds. The smallest absolute Gasteiger partial charge is 0.407 e. The first-order valence-corrected chi connectivity index (χ1v) is 12.1. The lowest BCUT2D eigenvalue weighted by atomic mass is 9.79. The normalized spacial score (nSPS) is 17.3. The fraction of sp³-hybridized carbons (Fsp3) is 0.444. The maximum Gasteiger partial charge on any atom is 0.407 e. The van der Waals surface area contributed by atoms with Gasteiger partial charge in [0.1, 0.15) is 12.6 Å². The zero-order chi connectivity index (χ0) is 25.0. The van der Waals surface area contributed by atoms with E-state index < -0.39 is 29.6 Å². The number of carboxylic acids is 1. The summed E-state index contributed by atoms with van der Waals surface area (Å²) in [5, 5.41) is 15.1. The van der Waals surface area contributed by atoms with Crippen LogP contribution in [0.1, 0.15) is 49.7 Å². The molecule has 0 heterocycles. The number of carbonyl (C=O) groups is 3. The van der Waals surface area contributed by atoms with Crippen molar-refractivity contribution in [2.45, 2.75) is 50.1 Å². The van der Waals surface area contributed by atoms with Gasteiger partial charge in [0.05, 0.1) is 6.61 Å². The van der Waals surface area contributed by atoms with Gasteiger partial charge in [-0.1, -0.05) is 61.9 Å². The largest absolute Gasteiger partial charge is 0.479 e. The highest BCUT2D eigenvalue weighted by Crippen LogP contribution is 2.44. The molecule has 1 saturated carbocycles. The van der Waals surface area contributed by atoms with E-state index in [9.17, 15) is 19.5 Å². The highest BCUT2D eigenvalue weighted by atomic mass is 16.5. The summed E-state index contributed by atoms with van der Waals surface area (Å²) in [6.07, 6.45) is 1.96. The third-order valence-corrected chi connectivity index (χ3v) is 7.29. The molecule has 186 valence electrons. The third kappa shape index (κ3) is 4.89. The van der Waals surface area contributed by atoms with E-state index in [4.69, 9.17) is 9.47 Å². The van der Waals surface area contributed by atoms with Crippen molar-refractivity contribution < 1.29 is 29.0 Å². The van der Waals surface area contributed by atoms with Crippen molar-refractivity contribution in [1.29, 1.82) is 0 Å². The minimum atomic E-state index is -1.56. The first kappa shape index (κ1) is 24.7. The van der Waals surface area contributed by atoms with Crippen molar-refractivity contribution in [2.75, 3.05) is 20.3 Å². The van der Waals surface area contributed by atoms with Gasteiger partial charge in [-0.25, -0.2) is 9.59 Å². The van der Waals surface area contributed by atoms with Crippen molar-refractivity contribution in [2.24, 2.45) is 5.92 Å². The van der Waals surface area contributed by atoms with Gasteiger partial charge in [-0.15, -0.1) is 0 Å². The second kappa shape index (κ2) is 10.5. The average Bonchev–Trinajstić information content (AvgIpc) is 3.14. The van der Waals surface area contributed by atoms with Crippen molar-refractivity contribution in [1.82, 2.24) is 10.6 Å². The molecule has 2 unspecified atom stereocenters. The minimum Gasteiger partial charge on any atom is -0.479 e. The molecule has 2 aliphatic carbocycles.